The first kappa shape index (κ1) is 23.4. The topological polar surface area (TPSA) is 89.1 Å². The molecular formula is C27H27N5O4S. The highest BCUT2D eigenvalue weighted by Crippen LogP contribution is 2.37. The number of thiophene rings is 1. The Bertz CT molecular complexity index is 1460. The number of ether oxygens (including phenoxy) is 3. The molecule has 2 aromatic carbocycles. The summed E-state index contributed by atoms with van der Waals surface area (Å²) in [5.74, 6) is 2.90. The van der Waals surface area contributed by atoms with Gasteiger partial charge in [0.2, 0.25) is 0 Å². The molecule has 6 rings (SSSR count). The molecule has 4 aromatic rings. The van der Waals surface area contributed by atoms with Gasteiger partial charge in [-0.2, -0.15) is 0 Å². The van der Waals surface area contributed by atoms with Gasteiger partial charge in [-0.25, -0.2) is 9.97 Å². The van der Waals surface area contributed by atoms with E-state index in [0.717, 1.165) is 59.2 Å². The number of nitrogens with zero attached hydrogens (tertiary/aromatic N) is 4. The zero-order valence-corrected chi connectivity index (χ0v) is 21.5. The molecule has 0 bridgehead atoms. The van der Waals surface area contributed by atoms with Gasteiger partial charge in [-0.15, -0.1) is 11.3 Å². The van der Waals surface area contributed by atoms with Crippen molar-refractivity contribution in [3.05, 3.63) is 59.2 Å². The first-order valence-electron chi connectivity index (χ1n) is 12.2. The predicted octanol–water partition coefficient (Wildman–Crippen LogP) is 4.36. The van der Waals surface area contributed by atoms with E-state index in [1.165, 1.54) is 11.3 Å². The molecule has 1 saturated heterocycles. The number of fused-ring (bicyclic) bond motifs is 2. The lowest BCUT2D eigenvalue weighted by Gasteiger charge is -2.37. The van der Waals surface area contributed by atoms with Gasteiger partial charge in [0.15, 0.2) is 11.5 Å². The van der Waals surface area contributed by atoms with Crippen LogP contribution >= 0.6 is 11.3 Å². The van der Waals surface area contributed by atoms with Gasteiger partial charge >= 0.3 is 0 Å². The van der Waals surface area contributed by atoms with E-state index in [1.54, 1.807) is 19.5 Å². The monoisotopic (exact) mass is 517 g/mol. The number of hydrogen-bond acceptors (Lipinski definition) is 9. The number of amides is 1. The number of aromatic nitrogens is 2. The lowest BCUT2D eigenvalue weighted by Crippen LogP contribution is -2.47. The van der Waals surface area contributed by atoms with Crippen molar-refractivity contribution in [1.82, 2.24) is 9.97 Å². The highest BCUT2D eigenvalue weighted by molar-refractivity contribution is 7.20. The maximum absolute atomic E-state index is 13.3. The van der Waals surface area contributed by atoms with E-state index in [9.17, 15) is 4.79 Å². The third kappa shape index (κ3) is 4.37. The molecule has 37 heavy (non-hydrogen) atoms. The lowest BCUT2D eigenvalue weighted by atomic mass is 10.1. The van der Waals surface area contributed by atoms with E-state index in [-0.39, 0.29) is 5.91 Å². The Morgan fingerprint density at radius 2 is 1.76 bits per heavy atom. The van der Waals surface area contributed by atoms with E-state index in [2.05, 4.69) is 31.2 Å². The van der Waals surface area contributed by atoms with Crippen molar-refractivity contribution in [3.63, 3.8) is 0 Å². The van der Waals surface area contributed by atoms with Crippen LogP contribution in [0.1, 0.15) is 15.2 Å². The lowest BCUT2D eigenvalue weighted by molar-refractivity contribution is 0.103. The summed E-state index contributed by atoms with van der Waals surface area (Å²) in [6.07, 6.45) is 1.59. The summed E-state index contributed by atoms with van der Waals surface area (Å²) < 4.78 is 16.8. The number of hydrogen-bond donors (Lipinski definition) is 1. The molecule has 1 fully saturated rings. The van der Waals surface area contributed by atoms with E-state index >= 15 is 0 Å². The molecule has 0 aliphatic carbocycles. The molecule has 1 N–H and O–H groups in total. The second-order valence-corrected chi connectivity index (χ2v) is 9.89. The Morgan fingerprint density at radius 3 is 2.57 bits per heavy atom. The maximum atomic E-state index is 13.3. The van der Waals surface area contributed by atoms with Crippen LogP contribution in [-0.2, 0) is 0 Å². The SMILES string of the molecule is COc1ccccc1N1CCN(c2ncnc3sc(C(=O)Nc4ccc5c(c4)OCCO5)c(C)c23)CC1. The molecule has 190 valence electrons. The van der Waals surface area contributed by atoms with Gasteiger partial charge in [0.1, 0.15) is 35.9 Å². The van der Waals surface area contributed by atoms with Crippen molar-refractivity contribution < 1.29 is 19.0 Å². The standard InChI is InChI=1S/C27H27N5O4S/c1-17-23-25(32-11-9-31(10-12-32)19-5-3-4-6-20(19)34-2)28-16-29-27(23)37-24(17)26(33)30-18-7-8-21-22(15-18)36-14-13-35-21/h3-8,15-16H,9-14H2,1-2H3,(H,30,33). The number of aryl methyl sites for hydroxylation is 1. The zero-order chi connectivity index (χ0) is 25.4. The largest absolute Gasteiger partial charge is 0.495 e. The van der Waals surface area contributed by atoms with Gasteiger partial charge in [-0.1, -0.05) is 12.1 Å². The van der Waals surface area contributed by atoms with Crippen molar-refractivity contribution in [3.8, 4) is 17.2 Å². The van der Waals surface area contributed by atoms with Crippen molar-refractivity contribution in [2.75, 3.05) is 61.6 Å². The summed E-state index contributed by atoms with van der Waals surface area (Å²) in [6.45, 7) is 6.28. The minimum Gasteiger partial charge on any atom is -0.495 e. The summed E-state index contributed by atoms with van der Waals surface area (Å²) in [6, 6.07) is 13.5. The van der Waals surface area contributed by atoms with Crippen molar-refractivity contribution in [2.24, 2.45) is 0 Å². The quantitative estimate of drug-likeness (QED) is 0.418. The van der Waals surface area contributed by atoms with Crippen LogP contribution in [0.25, 0.3) is 10.2 Å². The van der Waals surface area contributed by atoms with E-state index in [0.29, 0.717) is 35.3 Å². The summed E-state index contributed by atoms with van der Waals surface area (Å²) in [4.78, 5) is 28.4. The van der Waals surface area contributed by atoms with Crippen LogP contribution in [0.2, 0.25) is 0 Å². The Kier molecular flexibility index (Phi) is 6.17. The van der Waals surface area contributed by atoms with Crippen LogP contribution in [0.3, 0.4) is 0 Å². The van der Waals surface area contributed by atoms with Crippen LogP contribution in [0.5, 0.6) is 17.2 Å². The Labute approximate surface area is 218 Å². The number of benzene rings is 2. The van der Waals surface area contributed by atoms with Crippen LogP contribution < -0.4 is 29.3 Å². The van der Waals surface area contributed by atoms with Crippen LogP contribution in [-0.4, -0.2) is 62.4 Å². The van der Waals surface area contributed by atoms with Crippen molar-refractivity contribution in [2.45, 2.75) is 6.92 Å². The summed E-state index contributed by atoms with van der Waals surface area (Å²) in [5, 5.41) is 3.94. The number of piperazine rings is 1. The van der Waals surface area contributed by atoms with Gasteiger partial charge < -0.3 is 29.3 Å². The fraction of sp³-hybridized carbons (Fsp3) is 0.296. The summed E-state index contributed by atoms with van der Waals surface area (Å²) >= 11 is 1.39. The van der Waals surface area contributed by atoms with Gasteiger partial charge in [-0.3, -0.25) is 4.79 Å². The molecule has 2 aromatic heterocycles. The molecule has 9 nitrogen and oxygen atoms in total. The Balaban J connectivity index is 1.22. The fourth-order valence-electron chi connectivity index (χ4n) is 4.87. The van der Waals surface area contributed by atoms with Crippen molar-refractivity contribution in [1.29, 1.82) is 0 Å². The first-order valence-corrected chi connectivity index (χ1v) is 13.0. The van der Waals surface area contributed by atoms with Gasteiger partial charge in [-0.05, 0) is 36.8 Å². The third-order valence-corrected chi connectivity index (χ3v) is 7.92. The first-order chi connectivity index (χ1) is 18.1. The number of methoxy groups -OCH3 is 1. The molecule has 2 aliphatic rings. The molecule has 0 radical (unpaired) electrons. The van der Waals surface area contributed by atoms with E-state index in [1.807, 2.05) is 37.3 Å². The fourth-order valence-corrected chi connectivity index (χ4v) is 5.91. The number of rotatable bonds is 5. The minimum atomic E-state index is -0.177. The Hall–Kier alpha value is -4.05. The average molecular weight is 518 g/mol. The Morgan fingerprint density at radius 1 is 1.00 bits per heavy atom. The predicted molar refractivity (Wildman–Crippen MR) is 145 cm³/mol. The van der Waals surface area contributed by atoms with Gasteiger partial charge in [0.25, 0.3) is 5.91 Å². The van der Waals surface area contributed by atoms with Gasteiger partial charge in [0.05, 0.1) is 23.1 Å². The number of nitrogens with one attached hydrogen (secondary N) is 1. The molecule has 0 unspecified atom stereocenters. The van der Waals surface area contributed by atoms with Gasteiger partial charge in [0, 0.05) is 37.9 Å². The highest BCUT2D eigenvalue weighted by atomic mass is 32.1. The molecule has 10 heteroatoms. The van der Waals surface area contributed by atoms with Crippen LogP contribution in [0.4, 0.5) is 17.2 Å². The number of anilines is 3. The van der Waals surface area contributed by atoms with E-state index in [4.69, 9.17) is 14.2 Å². The maximum Gasteiger partial charge on any atom is 0.266 e. The highest BCUT2D eigenvalue weighted by Gasteiger charge is 2.26. The zero-order valence-electron chi connectivity index (χ0n) is 20.7. The smallest absolute Gasteiger partial charge is 0.266 e. The van der Waals surface area contributed by atoms with E-state index < -0.39 is 0 Å². The molecule has 0 atom stereocenters. The second kappa shape index (κ2) is 9.78. The molecule has 2 aliphatic heterocycles. The second-order valence-electron chi connectivity index (χ2n) is 8.89. The molecule has 4 heterocycles. The molecule has 0 saturated carbocycles. The summed E-state index contributed by atoms with van der Waals surface area (Å²) in [5.41, 5.74) is 2.64. The third-order valence-electron chi connectivity index (χ3n) is 6.72. The van der Waals surface area contributed by atoms with Crippen LogP contribution in [0, 0.1) is 6.92 Å². The molecule has 1 amide bonds. The average Bonchev–Trinajstić information content (AvgIpc) is 3.29. The normalized spacial score (nSPS) is 15.1. The summed E-state index contributed by atoms with van der Waals surface area (Å²) in [7, 11) is 1.70. The number of para-hydroxylation sites is 2. The molecule has 0 spiro atoms. The molecular weight excluding hydrogens is 490 g/mol. The number of carbonyl (C=O) groups is 1. The van der Waals surface area contributed by atoms with Crippen molar-refractivity contribution >= 4 is 44.7 Å². The van der Waals surface area contributed by atoms with Crippen LogP contribution in [0.15, 0.2) is 48.8 Å². The number of carbonyl (C=O) groups excluding carboxylic acids is 1. The minimum absolute atomic E-state index is 0.177.